The van der Waals surface area contributed by atoms with E-state index in [1.54, 1.807) is 36.4 Å². The van der Waals surface area contributed by atoms with Crippen LogP contribution in [0.15, 0.2) is 91.0 Å². The summed E-state index contributed by atoms with van der Waals surface area (Å²) in [7, 11) is -10.1. The van der Waals surface area contributed by atoms with Crippen molar-refractivity contribution in [3.63, 3.8) is 0 Å². The summed E-state index contributed by atoms with van der Waals surface area (Å²) in [5, 5.41) is 30.8. The van der Waals surface area contributed by atoms with Gasteiger partial charge >= 0.3 is 191 Å². The number of hydrogen-bond acceptors (Lipinski definition) is 12. The molecule has 21 heteroatoms. The second-order valence-electron chi connectivity index (χ2n) is 4.61. The van der Waals surface area contributed by atoms with Gasteiger partial charge in [0.2, 0.25) is 0 Å². The first-order valence-electron chi connectivity index (χ1n) is 7.99. The molecule has 39 heavy (non-hydrogen) atoms. The van der Waals surface area contributed by atoms with Crippen molar-refractivity contribution in [2.24, 2.45) is 0 Å². The summed E-state index contributed by atoms with van der Waals surface area (Å²) in [6, 6.07) is 25.0. The van der Waals surface area contributed by atoms with E-state index in [0.29, 0.717) is 0 Å². The molecule has 0 unspecified atom stereocenters. The molecule has 0 aliphatic rings. The molecule has 0 aliphatic carbocycles. The molecule has 0 spiro atoms. The van der Waals surface area contributed by atoms with Crippen LogP contribution in [0.3, 0.4) is 0 Å². The molecule has 0 saturated carbocycles. The normalized spacial score (nSPS) is 7.38. The third kappa shape index (κ3) is 85.8. The molecule has 3 aromatic rings. The third-order valence-corrected chi connectivity index (χ3v) is 2.23. The molecule has 0 heterocycles. The molecule has 0 saturated heterocycles. The van der Waals surface area contributed by atoms with Gasteiger partial charge in [0.25, 0.3) is 0 Å². The average Bonchev–Trinajstić information content (AvgIpc) is 2.69. The Balaban J connectivity index is -0.0000000391. The first kappa shape index (κ1) is 65.8. The minimum absolute atomic E-state index is 0. The third-order valence-electron chi connectivity index (χ3n) is 2.23. The van der Waals surface area contributed by atoms with E-state index in [-0.39, 0.29) is 209 Å². The fraction of sp³-hybridized carbons (Fsp3) is 0. The average molecular weight is 1150 g/mol. The maximum absolute atomic E-state index is 10.3. The van der Waals surface area contributed by atoms with Gasteiger partial charge in [-0.3, -0.25) is 0 Å². The number of para-hydroxylation sites is 3. The summed E-state index contributed by atoms with van der Waals surface area (Å²) in [5.74, 6) is 0.215. The fourth-order valence-electron chi connectivity index (χ4n) is 1.26. The summed E-state index contributed by atoms with van der Waals surface area (Å²) < 4.78 is 0. The molecule has 0 aliphatic heterocycles. The quantitative estimate of drug-likeness (QED) is 0.150. The van der Waals surface area contributed by atoms with Crippen LogP contribution in [-0.4, -0.2) is 97.8 Å². The zero-order chi connectivity index (χ0) is 26.1. The summed E-state index contributed by atoms with van der Waals surface area (Å²) >= 11 is 0. The Morgan fingerprint density at radius 3 is 0.487 bits per heavy atom. The van der Waals surface area contributed by atoms with E-state index in [2.05, 4.69) is 0 Å². The molecule has 0 amide bonds. The van der Waals surface area contributed by atoms with Gasteiger partial charge in [-0.1, -0.05) is 91.0 Å². The fourth-order valence-corrected chi connectivity index (χ4v) is 1.26. The van der Waals surface area contributed by atoms with Gasteiger partial charge in [-0.15, -0.1) is 17.2 Å². The van der Waals surface area contributed by atoms with Crippen molar-refractivity contribution in [1.82, 2.24) is 0 Å². The van der Waals surface area contributed by atoms with Crippen molar-refractivity contribution in [1.29, 1.82) is 0 Å². The second-order valence-corrected chi connectivity index (χ2v) is 5.95. The molecule has 0 N–H and O–H groups in total. The summed E-state index contributed by atoms with van der Waals surface area (Å²) in [6.45, 7) is 0. The first-order valence-corrected chi connectivity index (χ1v) is 11.3. The molecule has 12 nitrogen and oxygen atoms in total. The SMILES string of the molecule is [Ba+2].[Ba+2].[Cd+2].[Cd+2].[O-]P([O-])[O-].[O-]P([O-])[O-].[O-]P([O-])[O-].[O-]c1ccccc1.[O-]c1ccccc1.[O-]c1ccccc1.[Zn+2].[Zn+2]. The maximum Gasteiger partial charge on any atom is 2.00 e. The van der Waals surface area contributed by atoms with Crippen LogP contribution in [-0.2, 0) is 93.6 Å². The van der Waals surface area contributed by atoms with Gasteiger partial charge in [0.1, 0.15) is 0 Å². The van der Waals surface area contributed by atoms with E-state index in [1.807, 2.05) is 18.2 Å². The van der Waals surface area contributed by atoms with Crippen LogP contribution in [0.5, 0.6) is 17.2 Å². The van der Waals surface area contributed by atoms with Crippen molar-refractivity contribution < 1.29 is 153 Å². The molecule has 186 valence electrons. The van der Waals surface area contributed by atoms with Crippen LogP contribution >= 0.6 is 25.8 Å². The maximum atomic E-state index is 10.3. The van der Waals surface area contributed by atoms with E-state index < -0.39 is 25.8 Å². The molecule has 0 bridgehead atoms. The second kappa shape index (κ2) is 51.8. The molecule has 0 fully saturated rings. The minimum atomic E-state index is -3.37. The predicted molar refractivity (Wildman–Crippen MR) is 110 cm³/mol. The topological polar surface area (TPSA) is 277 Å². The number of rotatable bonds is 0. The standard InChI is InChI=1S/3C6H6O.2Ba.2Cd.3O3P.2Zn/c3*7-6-4-2-1-3-5-6;;;;;3*1-4(2)3;;/h3*1-5,7H;;;;;;;;;/q;;;4*+2;3*-3;2*+2/p-3. The monoisotopic (exact) mass is 1150 g/mol. The minimum Gasteiger partial charge on any atom is -0.872 e. The molecular weight excluding hydrogens is 1130 g/mol. The zero-order valence-electron chi connectivity index (χ0n) is 20.6. The van der Waals surface area contributed by atoms with Gasteiger partial charge in [0.05, 0.1) is 0 Å². The molecular formula is C18H15Ba2Cd2O12P3Zn2. The van der Waals surface area contributed by atoms with Crippen molar-refractivity contribution >= 4 is 124 Å². The Labute approximate surface area is 377 Å². The van der Waals surface area contributed by atoms with Gasteiger partial charge in [0, 0.05) is 0 Å². The summed E-state index contributed by atoms with van der Waals surface area (Å²) in [5.41, 5.74) is 0. The van der Waals surface area contributed by atoms with Gasteiger partial charge < -0.3 is 85.2 Å². The molecule has 3 rings (SSSR count). The summed E-state index contributed by atoms with van der Waals surface area (Å²) in [6.07, 6.45) is 0. The predicted octanol–water partition coefficient (Wildman–Crippen LogP) is -6.61. The smallest absolute Gasteiger partial charge is 0.872 e. The zero-order valence-corrected chi connectivity index (χ0v) is 46.2. The van der Waals surface area contributed by atoms with E-state index in [1.165, 1.54) is 36.4 Å². The van der Waals surface area contributed by atoms with E-state index in [9.17, 15) is 15.3 Å². The van der Waals surface area contributed by atoms with Crippen LogP contribution in [0.25, 0.3) is 0 Å². The van der Waals surface area contributed by atoms with E-state index in [0.717, 1.165) is 0 Å². The molecule has 0 aromatic heterocycles. The largest absolute Gasteiger partial charge is 2.00 e. The Kier molecular flexibility index (Phi) is 87.4. The first-order chi connectivity index (χ1) is 15.4. The van der Waals surface area contributed by atoms with Gasteiger partial charge in [-0.05, 0) is 0 Å². The van der Waals surface area contributed by atoms with Crippen LogP contribution in [0.1, 0.15) is 0 Å². The van der Waals surface area contributed by atoms with Crippen molar-refractivity contribution in [3.8, 4) is 17.2 Å². The summed E-state index contributed by atoms with van der Waals surface area (Å²) in [4.78, 5) is 76.3. The van der Waals surface area contributed by atoms with Crippen molar-refractivity contribution in [3.05, 3.63) is 91.0 Å². The van der Waals surface area contributed by atoms with Gasteiger partial charge in [-0.25, -0.2) is 0 Å². The Bertz CT molecular complexity index is 660. The van der Waals surface area contributed by atoms with Crippen LogP contribution in [0.2, 0.25) is 0 Å². The Morgan fingerprint density at radius 2 is 0.436 bits per heavy atom. The number of benzene rings is 3. The van der Waals surface area contributed by atoms with Crippen molar-refractivity contribution in [2.75, 3.05) is 0 Å². The Hall–Kier alpha value is 4.22. The van der Waals surface area contributed by atoms with E-state index in [4.69, 9.17) is 44.0 Å². The van der Waals surface area contributed by atoms with Crippen LogP contribution < -0.4 is 59.4 Å². The number of hydrogen-bond donors (Lipinski definition) is 0. The van der Waals surface area contributed by atoms with Crippen LogP contribution in [0, 0.1) is 0 Å². The van der Waals surface area contributed by atoms with Crippen molar-refractivity contribution in [2.45, 2.75) is 0 Å². The molecule has 0 atom stereocenters. The molecule has 0 radical (unpaired) electrons. The van der Waals surface area contributed by atoms with Gasteiger partial charge in [0.15, 0.2) is 0 Å². The molecule has 3 aromatic carbocycles. The Morgan fingerprint density at radius 1 is 0.333 bits per heavy atom. The van der Waals surface area contributed by atoms with E-state index >= 15 is 0 Å². The van der Waals surface area contributed by atoms with Crippen LogP contribution in [0.4, 0.5) is 0 Å². The van der Waals surface area contributed by atoms with Gasteiger partial charge in [-0.2, -0.15) is 0 Å².